The number of aromatic nitrogens is 3. The number of nitrogens with two attached hydrogens (primary N) is 1. The molecule has 35 heavy (non-hydrogen) atoms. The predicted octanol–water partition coefficient (Wildman–Crippen LogP) is 4.51. The second-order valence-corrected chi connectivity index (χ2v) is 8.43. The van der Waals surface area contributed by atoms with Crippen molar-refractivity contribution in [2.24, 2.45) is 0 Å². The maximum atomic E-state index is 12.7. The number of benzene rings is 3. The molecule has 0 unspecified atom stereocenters. The fourth-order valence-electron chi connectivity index (χ4n) is 3.25. The Morgan fingerprint density at radius 2 is 1.71 bits per heavy atom. The van der Waals surface area contributed by atoms with E-state index in [0.29, 0.717) is 45.2 Å². The zero-order chi connectivity index (χ0) is 24.8. The molecular weight excluding hydrogens is 466 g/mol. The number of ether oxygens (including phenoxy) is 3. The van der Waals surface area contributed by atoms with E-state index in [2.05, 4.69) is 15.5 Å². The molecule has 0 spiro atoms. The highest BCUT2D eigenvalue weighted by Crippen LogP contribution is 2.33. The third-order valence-corrected chi connectivity index (χ3v) is 6.00. The number of rotatable bonds is 9. The number of carbonyl (C=O) groups is 1. The molecule has 180 valence electrons. The molecular formula is C25H25N5O4S. The predicted molar refractivity (Wildman–Crippen MR) is 136 cm³/mol. The van der Waals surface area contributed by atoms with Gasteiger partial charge in [0.15, 0.2) is 11.6 Å². The van der Waals surface area contributed by atoms with Gasteiger partial charge in [-0.2, -0.15) is 0 Å². The van der Waals surface area contributed by atoms with Crippen LogP contribution < -0.4 is 25.4 Å². The van der Waals surface area contributed by atoms with Crippen LogP contribution in [0.25, 0.3) is 11.4 Å². The van der Waals surface area contributed by atoms with Gasteiger partial charge in [0.05, 0.1) is 31.2 Å². The number of aryl methyl sites for hydroxylation is 1. The van der Waals surface area contributed by atoms with E-state index in [1.165, 1.54) is 16.4 Å². The molecule has 0 saturated heterocycles. The summed E-state index contributed by atoms with van der Waals surface area (Å²) in [7, 11) is 3.13. The molecule has 3 N–H and O–H groups in total. The Bertz CT molecular complexity index is 1320. The zero-order valence-electron chi connectivity index (χ0n) is 19.5. The summed E-state index contributed by atoms with van der Waals surface area (Å²) in [5.41, 5.74) is 2.36. The van der Waals surface area contributed by atoms with Crippen molar-refractivity contribution in [1.82, 2.24) is 14.9 Å². The maximum Gasteiger partial charge on any atom is 0.234 e. The number of anilines is 1. The van der Waals surface area contributed by atoms with Crippen molar-refractivity contribution in [2.45, 2.75) is 12.1 Å². The monoisotopic (exact) mass is 491 g/mol. The third kappa shape index (κ3) is 5.67. The molecule has 3 aromatic carbocycles. The van der Waals surface area contributed by atoms with Crippen molar-refractivity contribution < 1.29 is 19.0 Å². The van der Waals surface area contributed by atoms with Gasteiger partial charge in [0, 0.05) is 6.07 Å². The number of thioether (sulfide) groups is 1. The van der Waals surface area contributed by atoms with Gasteiger partial charge in [-0.3, -0.25) is 4.79 Å². The average molecular weight is 492 g/mol. The van der Waals surface area contributed by atoms with Crippen molar-refractivity contribution >= 4 is 23.4 Å². The molecule has 0 aliphatic carbocycles. The summed E-state index contributed by atoms with van der Waals surface area (Å²) >= 11 is 1.17. The number of carbonyl (C=O) groups excluding carboxylic acids is 1. The van der Waals surface area contributed by atoms with Gasteiger partial charge in [-0.15, -0.1) is 10.2 Å². The summed E-state index contributed by atoms with van der Waals surface area (Å²) in [6.07, 6.45) is 0. The smallest absolute Gasteiger partial charge is 0.234 e. The highest BCUT2D eigenvalue weighted by atomic mass is 32.2. The minimum Gasteiger partial charge on any atom is -0.497 e. The molecule has 0 saturated carbocycles. The highest BCUT2D eigenvalue weighted by Gasteiger charge is 2.18. The fourth-order valence-corrected chi connectivity index (χ4v) is 3.91. The van der Waals surface area contributed by atoms with E-state index in [4.69, 9.17) is 20.1 Å². The van der Waals surface area contributed by atoms with Crippen molar-refractivity contribution in [3.8, 4) is 34.4 Å². The van der Waals surface area contributed by atoms with E-state index >= 15 is 0 Å². The van der Waals surface area contributed by atoms with Crippen molar-refractivity contribution in [2.75, 3.05) is 31.1 Å². The SMILES string of the molecule is COc1ccc(-c2nnc(SCC(=O)Nc3ccccc3Oc3ccc(C)cc3)n2N)c(OC)c1. The molecule has 9 nitrogen and oxygen atoms in total. The van der Waals surface area contributed by atoms with E-state index in [1.54, 1.807) is 44.6 Å². The van der Waals surface area contributed by atoms with E-state index in [-0.39, 0.29) is 11.7 Å². The molecule has 0 radical (unpaired) electrons. The second kappa shape index (κ2) is 10.8. The summed E-state index contributed by atoms with van der Waals surface area (Å²) in [5.74, 6) is 8.89. The molecule has 4 aromatic rings. The number of amides is 1. The number of methoxy groups -OCH3 is 2. The van der Waals surface area contributed by atoms with E-state index < -0.39 is 0 Å². The Labute approximate surface area is 207 Å². The molecule has 0 aliphatic heterocycles. The van der Waals surface area contributed by atoms with Crippen LogP contribution in [0, 0.1) is 6.92 Å². The van der Waals surface area contributed by atoms with Gasteiger partial charge in [0.1, 0.15) is 17.2 Å². The topological polar surface area (TPSA) is 114 Å². The lowest BCUT2D eigenvalue weighted by atomic mass is 10.2. The third-order valence-electron chi connectivity index (χ3n) is 5.06. The van der Waals surface area contributed by atoms with Gasteiger partial charge >= 0.3 is 0 Å². The number of hydrogen-bond acceptors (Lipinski definition) is 8. The summed E-state index contributed by atoms with van der Waals surface area (Å²) in [6, 6.07) is 20.3. The van der Waals surface area contributed by atoms with Gasteiger partial charge in [0.25, 0.3) is 0 Å². The highest BCUT2D eigenvalue weighted by molar-refractivity contribution is 7.99. The lowest BCUT2D eigenvalue weighted by Crippen LogP contribution is -2.17. The normalized spacial score (nSPS) is 10.6. The van der Waals surface area contributed by atoms with Gasteiger partial charge in [-0.1, -0.05) is 41.6 Å². The van der Waals surface area contributed by atoms with Crippen LogP contribution in [-0.4, -0.2) is 40.8 Å². The van der Waals surface area contributed by atoms with E-state index in [1.807, 2.05) is 43.3 Å². The average Bonchev–Trinajstić information content (AvgIpc) is 3.24. The number of nitrogens with one attached hydrogen (secondary N) is 1. The van der Waals surface area contributed by atoms with Gasteiger partial charge in [-0.05, 0) is 43.3 Å². The number of hydrogen-bond donors (Lipinski definition) is 2. The van der Waals surface area contributed by atoms with E-state index in [9.17, 15) is 4.79 Å². The van der Waals surface area contributed by atoms with Crippen LogP contribution in [0.3, 0.4) is 0 Å². The molecule has 4 rings (SSSR count). The van der Waals surface area contributed by atoms with Crippen LogP contribution in [0.5, 0.6) is 23.0 Å². The van der Waals surface area contributed by atoms with Crippen LogP contribution in [0.15, 0.2) is 71.9 Å². The first-order chi connectivity index (χ1) is 17.0. The number of nitrogen functional groups attached to an aromatic ring is 1. The summed E-state index contributed by atoms with van der Waals surface area (Å²) in [4.78, 5) is 12.7. The molecule has 0 atom stereocenters. The Morgan fingerprint density at radius 1 is 0.971 bits per heavy atom. The lowest BCUT2D eigenvalue weighted by Gasteiger charge is -2.12. The van der Waals surface area contributed by atoms with Crippen LogP contribution in [0.4, 0.5) is 5.69 Å². The molecule has 1 heterocycles. The molecule has 10 heteroatoms. The summed E-state index contributed by atoms with van der Waals surface area (Å²) in [5, 5.41) is 11.6. The van der Waals surface area contributed by atoms with Crippen LogP contribution in [0.2, 0.25) is 0 Å². The van der Waals surface area contributed by atoms with Gasteiger partial charge < -0.3 is 25.4 Å². The Balaban J connectivity index is 1.42. The first-order valence-electron chi connectivity index (χ1n) is 10.7. The molecule has 1 amide bonds. The lowest BCUT2D eigenvalue weighted by molar-refractivity contribution is -0.113. The molecule has 1 aromatic heterocycles. The van der Waals surface area contributed by atoms with Gasteiger partial charge in [0.2, 0.25) is 11.1 Å². The second-order valence-electron chi connectivity index (χ2n) is 7.49. The molecule has 0 fully saturated rings. The van der Waals surface area contributed by atoms with Crippen molar-refractivity contribution in [3.63, 3.8) is 0 Å². The van der Waals surface area contributed by atoms with Crippen molar-refractivity contribution in [3.05, 3.63) is 72.3 Å². The van der Waals surface area contributed by atoms with Crippen LogP contribution in [0.1, 0.15) is 5.56 Å². The Hall–Kier alpha value is -4.18. The van der Waals surface area contributed by atoms with Crippen LogP contribution >= 0.6 is 11.8 Å². The minimum absolute atomic E-state index is 0.0773. The van der Waals surface area contributed by atoms with E-state index in [0.717, 1.165) is 5.56 Å². The summed E-state index contributed by atoms with van der Waals surface area (Å²) < 4.78 is 17.9. The first-order valence-corrected chi connectivity index (χ1v) is 11.7. The largest absolute Gasteiger partial charge is 0.497 e. The first kappa shape index (κ1) is 24.0. The fraction of sp³-hybridized carbons (Fsp3) is 0.160. The quantitative estimate of drug-likeness (QED) is 0.260. The number of nitrogens with zero attached hydrogens (tertiary/aromatic N) is 3. The Morgan fingerprint density at radius 3 is 2.46 bits per heavy atom. The Kier molecular flexibility index (Phi) is 7.41. The van der Waals surface area contributed by atoms with Gasteiger partial charge in [-0.25, -0.2) is 4.68 Å². The minimum atomic E-state index is -0.235. The standard InChI is InChI=1S/C25H25N5O4S/c1-16-8-10-17(11-9-16)34-21-7-5-4-6-20(21)27-23(31)15-35-25-29-28-24(30(25)26)19-13-12-18(32-2)14-22(19)33-3/h4-14H,15,26H2,1-3H3,(H,27,31). The zero-order valence-corrected chi connectivity index (χ0v) is 20.3. The molecule has 0 aliphatic rings. The maximum absolute atomic E-state index is 12.7. The van der Waals surface area contributed by atoms with Crippen molar-refractivity contribution in [1.29, 1.82) is 0 Å². The molecule has 0 bridgehead atoms. The number of para-hydroxylation sites is 2. The van der Waals surface area contributed by atoms with Crippen LogP contribution in [-0.2, 0) is 4.79 Å². The summed E-state index contributed by atoms with van der Waals surface area (Å²) in [6.45, 7) is 2.01.